The normalized spacial score (nSPS) is 15.9. The Morgan fingerprint density at radius 1 is 1.22 bits per heavy atom. The van der Waals surface area contributed by atoms with E-state index >= 15 is 0 Å². The number of benzene rings is 1. The zero-order chi connectivity index (χ0) is 22.1. The minimum atomic E-state index is -0.165. The van der Waals surface area contributed by atoms with E-state index in [1.54, 1.807) is 12.4 Å². The van der Waals surface area contributed by atoms with Crippen molar-refractivity contribution in [2.75, 3.05) is 6.54 Å². The standard InChI is InChI=1S/C24H21ClN4O2S/c1-15-21(32-23(28-15)19-5-2-3-11-26-19)24(30)29-12-4-6-20(29)22-27-14-18(31-22)13-16-7-9-17(25)10-8-16/h2-3,5,7-11,14,20H,4,6,12-13H2,1H3/t20-/m1/s1. The number of halogens is 1. The summed E-state index contributed by atoms with van der Waals surface area (Å²) in [5.74, 6) is 1.34. The molecule has 1 atom stereocenters. The summed E-state index contributed by atoms with van der Waals surface area (Å²) in [5, 5.41) is 1.46. The highest BCUT2D eigenvalue weighted by Gasteiger charge is 2.35. The lowest BCUT2D eigenvalue weighted by molar-refractivity contribution is 0.0718. The monoisotopic (exact) mass is 464 g/mol. The molecule has 0 saturated carbocycles. The zero-order valence-corrected chi connectivity index (χ0v) is 19.1. The predicted molar refractivity (Wildman–Crippen MR) is 124 cm³/mol. The number of carbonyl (C=O) groups is 1. The van der Waals surface area contributed by atoms with E-state index in [-0.39, 0.29) is 11.9 Å². The quantitative estimate of drug-likeness (QED) is 0.377. The molecule has 32 heavy (non-hydrogen) atoms. The van der Waals surface area contributed by atoms with E-state index in [0.717, 1.165) is 40.6 Å². The van der Waals surface area contributed by atoms with Gasteiger partial charge in [-0.2, -0.15) is 0 Å². The molecule has 1 saturated heterocycles. The predicted octanol–water partition coefficient (Wildman–Crippen LogP) is 5.72. The van der Waals surface area contributed by atoms with E-state index in [4.69, 9.17) is 16.0 Å². The topological polar surface area (TPSA) is 72.1 Å². The number of amides is 1. The molecular weight excluding hydrogens is 444 g/mol. The second kappa shape index (κ2) is 8.84. The highest BCUT2D eigenvalue weighted by molar-refractivity contribution is 7.17. The Balaban J connectivity index is 1.35. The van der Waals surface area contributed by atoms with E-state index in [1.807, 2.05) is 54.3 Å². The molecule has 0 N–H and O–H groups in total. The van der Waals surface area contributed by atoms with Crippen LogP contribution in [0.4, 0.5) is 0 Å². The number of rotatable bonds is 5. The number of hydrogen-bond acceptors (Lipinski definition) is 6. The fourth-order valence-electron chi connectivity index (χ4n) is 3.95. The third kappa shape index (κ3) is 4.18. The van der Waals surface area contributed by atoms with Crippen molar-refractivity contribution in [3.63, 3.8) is 0 Å². The van der Waals surface area contributed by atoms with Gasteiger partial charge in [0.05, 0.1) is 17.6 Å². The minimum absolute atomic E-state index is 0.0258. The van der Waals surface area contributed by atoms with Gasteiger partial charge in [-0.1, -0.05) is 29.8 Å². The van der Waals surface area contributed by atoms with Crippen LogP contribution in [0.1, 0.15) is 51.5 Å². The van der Waals surface area contributed by atoms with Gasteiger partial charge in [0.1, 0.15) is 21.7 Å². The number of pyridine rings is 1. The number of hydrogen-bond donors (Lipinski definition) is 0. The summed E-state index contributed by atoms with van der Waals surface area (Å²) < 4.78 is 6.06. The van der Waals surface area contributed by atoms with Gasteiger partial charge in [0.25, 0.3) is 5.91 Å². The molecule has 0 aliphatic carbocycles. The summed E-state index contributed by atoms with van der Waals surface area (Å²) in [6, 6.07) is 13.2. The molecule has 0 unspecified atom stereocenters. The molecule has 0 bridgehead atoms. The molecule has 1 aliphatic rings. The van der Waals surface area contributed by atoms with Crippen LogP contribution in [0.2, 0.25) is 5.02 Å². The van der Waals surface area contributed by atoms with Gasteiger partial charge in [-0.15, -0.1) is 11.3 Å². The van der Waals surface area contributed by atoms with Crippen LogP contribution in [0.15, 0.2) is 59.3 Å². The van der Waals surface area contributed by atoms with Crippen molar-refractivity contribution in [1.29, 1.82) is 0 Å². The van der Waals surface area contributed by atoms with Gasteiger partial charge in [0, 0.05) is 24.2 Å². The van der Waals surface area contributed by atoms with Crippen LogP contribution in [0, 0.1) is 6.92 Å². The first-order valence-corrected chi connectivity index (χ1v) is 11.7. The highest BCUT2D eigenvalue weighted by atomic mass is 35.5. The van der Waals surface area contributed by atoms with Crippen LogP contribution in [-0.4, -0.2) is 32.3 Å². The van der Waals surface area contributed by atoms with Crippen molar-refractivity contribution in [3.05, 3.63) is 87.7 Å². The number of carbonyl (C=O) groups excluding carboxylic acids is 1. The highest BCUT2D eigenvalue weighted by Crippen LogP contribution is 2.35. The van der Waals surface area contributed by atoms with Gasteiger partial charge in [-0.3, -0.25) is 9.78 Å². The zero-order valence-electron chi connectivity index (χ0n) is 17.5. The molecule has 1 fully saturated rings. The molecule has 1 aromatic carbocycles. The van der Waals surface area contributed by atoms with Gasteiger partial charge in [0.2, 0.25) is 5.89 Å². The summed E-state index contributed by atoms with van der Waals surface area (Å²) in [7, 11) is 0. The fraction of sp³-hybridized carbons (Fsp3) is 0.250. The summed E-state index contributed by atoms with van der Waals surface area (Å²) >= 11 is 7.35. The molecule has 4 heterocycles. The molecule has 8 heteroatoms. The Labute approximate surface area is 194 Å². The van der Waals surface area contributed by atoms with Crippen molar-refractivity contribution in [2.24, 2.45) is 0 Å². The lowest BCUT2D eigenvalue weighted by atomic mass is 10.1. The molecule has 5 rings (SSSR count). The van der Waals surface area contributed by atoms with Gasteiger partial charge < -0.3 is 9.32 Å². The summed E-state index contributed by atoms with van der Waals surface area (Å²) in [6.07, 6.45) is 5.86. The largest absolute Gasteiger partial charge is 0.443 e. The van der Waals surface area contributed by atoms with Crippen molar-refractivity contribution in [3.8, 4) is 10.7 Å². The van der Waals surface area contributed by atoms with Crippen molar-refractivity contribution < 1.29 is 9.21 Å². The third-order valence-corrected chi connectivity index (χ3v) is 6.96. The molecule has 6 nitrogen and oxygen atoms in total. The third-order valence-electron chi connectivity index (χ3n) is 5.54. The molecule has 162 valence electrons. The first-order chi connectivity index (χ1) is 15.6. The maximum atomic E-state index is 13.4. The minimum Gasteiger partial charge on any atom is -0.443 e. The number of nitrogens with zero attached hydrogens (tertiary/aromatic N) is 4. The Morgan fingerprint density at radius 2 is 2.06 bits per heavy atom. The molecule has 0 spiro atoms. The van der Waals surface area contributed by atoms with Crippen molar-refractivity contribution in [2.45, 2.75) is 32.2 Å². The van der Waals surface area contributed by atoms with Crippen LogP contribution in [-0.2, 0) is 6.42 Å². The Hall–Kier alpha value is -3.03. The van der Waals surface area contributed by atoms with Crippen LogP contribution < -0.4 is 0 Å². The summed E-state index contributed by atoms with van der Waals surface area (Å²) in [4.78, 5) is 29.4. The van der Waals surface area contributed by atoms with Gasteiger partial charge >= 0.3 is 0 Å². The molecule has 4 aromatic rings. The SMILES string of the molecule is Cc1nc(-c2ccccn2)sc1C(=O)N1CCC[C@@H]1c1ncc(Cc2ccc(Cl)cc2)o1. The van der Waals surface area contributed by atoms with Crippen molar-refractivity contribution >= 4 is 28.8 Å². The van der Waals surface area contributed by atoms with E-state index in [1.165, 1.54) is 11.3 Å². The molecule has 1 amide bonds. The van der Waals surface area contributed by atoms with Crippen LogP contribution in [0.5, 0.6) is 0 Å². The van der Waals surface area contributed by atoms with Gasteiger partial charge in [0.15, 0.2) is 0 Å². The molecule has 3 aromatic heterocycles. The summed E-state index contributed by atoms with van der Waals surface area (Å²) in [5.41, 5.74) is 2.60. The number of likely N-dealkylation sites (tertiary alicyclic amines) is 1. The molecular formula is C24H21ClN4O2S. The van der Waals surface area contributed by atoms with E-state index in [2.05, 4.69) is 15.0 Å². The average Bonchev–Trinajstić information content (AvgIpc) is 3.55. The smallest absolute Gasteiger partial charge is 0.266 e. The average molecular weight is 465 g/mol. The van der Waals surface area contributed by atoms with Crippen LogP contribution >= 0.6 is 22.9 Å². The van der Waals surface area contributed by atoms with Gasteiger partial charge in [-0.05, 0) is 49.6 Å². The lowest BCUT2D eigenvalue weighted by Gasteiger charge is -2.21. The Bertz CT molecular complexity index is 1240. The van der Waals surface area contributed by atoms with Gasteiger partial charge in [-0.25, -0.2) is 9.97 Å². The van der Waals surface area contributed by atoms with Crippen molar-refractivity contribution in [1.82, 2.24) is 19.9 Å². The number of aryl methyl sites for hydroxylation is 1. The van der Waals surface area contributed by atoms with E-state index in [0.29, 0.717) is 28.8 Å². The van der Waals surface area contributed by atoms with Crippen LogP contribution in [0.25, 0.3) is 10.7 Å². The van der Waals surface area contributed by atoms with E-state index < -0.39 is 0 Å². The number of oxazole rings is 1. The fourth-order valence-corrected chi connectivity index (χ4v) is 5.08. The Kier molecular flexibility index (Phi) is 5.76. The molecule has 0 radical (unpaired) electrons. The number of thiazole rings is 1. The lowest BCUT2D eigenvalue weighted by Crippen LogP contribution is -2.30. The maximum Gasteiger partial charge on any atom is 0.266 e. The first-order valence-electron chi connectivity index (χ1n) is 10.5. The second-order valence-corrected chi connectivity index (χ2v) is 9.21. The molecule has 1 aliphatic heterocycles. The van der Waals surface area contributed by atoms with Crippen LogP contribution in [0.3, 0.4) is 0 Å². The van der Waals surface area contributed by atoms with E-state index in [9.17, 15) is 4.79 Å². The second-order valence-electron chi connectivity index (χ2n) is 7.77. The Morgan fingerprint density at radius 3 is 2.84 bits per heavy atom. The first kappa shape index (κ1) is 20.8. The summed E-state index contributed by atoms with van der Waals surface area (Å²) in [6.45, 7) is 2.55. The maximum absolute atomic E-state index is 13.4. The number of aromatic nitrogens is 3.